The Hall–Kier alpha value is -1.58. The molecule has 2 bridgehead atoms. The van der Waals surface area contributed by atoms with Gasteiger partial charge in [-0.2, -0.15) is 0 Å². The van der Waals surface area contributed by atoms with Crippen LogP contribution < -0.4 is 5.73 Å². The summed E-state index contributed by atoms with van der Waals surface area (Å²) >= 11 is 0. The Bertz CT molecular complexity index is 758. The van der Waals surface area contributed by atoms with Crippen LogP contribution in [0.5, 0.6) is 0 Å². The molecule has 2 aliphatic rings. The van der Waals surface area contributed by atoms with E-state index in [9.17, 15) is 4.79 Å². The van der Waals surface area contributed by atoms with Gasteiger partial charge in [-0.25, -0.2) is 0 Å². The van der Waals surface area contributed by atoms with Gasteiger partial charge in [-0.05, 0) is 53.9 Å². The lowest BCUT2D eigenvalue weighted by Gasteiger charge is -2.44. The van der Waals surface area contributed by atoms with Crippen LogP contribution in [0.2, 0.25) is 0 Å². The van der Waals surface area contributed by atoms with E-state index >= 15 is 0 Å². The van der Waals surface area contributed by atoms with Gasteiger partial charge in [0.05, 0.1) is 0 Å². The van der Waals surface area contributed by atoms with Crippen molar-refractivity contribution in [3.05, 3.63) is 48.0 Å². The molecule has 2 aliphatic carbocycles. The minimum atomic E-state index is 0. The number of nitrogens with two attached hydrogens (primary N) is 1. The number of rotatable bonds is 3. The van der Waals surface area contributed by atoms with Crippen molar-refractivity contribution in [3.63, 3.8) is 0 Å². The maximum Gasteiger partial charge on any atom is 0.225 e. The number of fused-ring (bicyclic) bond motifs is 3. The fourth-order valence-electron chi connectivity index (χ4n) is 5.07. The van der Waals surface area contributed by atoms with Gasteiger partial charge in [-0.15, -0.1) is 12.4 Å². The zero-order valence-electron chi connectivity index (χ0n) is 15.4. The third-order valence-electron chi connectivity index (χ3n) is 6.43. The summed E-state index contributed by atoms with van der Waals surface area (Å²) in [6, 6.07) is 15.1. The molecule has 4 heteroatoms. The molecule has 2 aromatic rings. The van der Waals surface area contributed by atoms with Crippen LogP contribution in [0.25, 0.3) is 10.8 Å². The van der Waals surface area contributed by atoms with Gasteiger partial charge in [0, 0.05) is 25.6 Å². The Morgan fingerprint density at radius 1 is 1.08 bits per heavy atom. The minimum absolute atomic E-state index is 0. The van der Waals surface area contributed by atoms with Gasteiger partial charge >= 0.3 is 0 Å². The van der Waals surface area contributed by atoms with Crippen LogP contribution in [0.4, 0.5) is 0 Å². The smallest absolute Gasteiger partial charge is 0.225 e. The van der Waals surface area contributed by atoms with Crippen LogP contribution in [0.3, 0.4) is 0 Å². The van der Waals surface area contributed by atoms with Crippen molar-refractivity contribution in [2.45, 2.75) is 44.7 Å². The highest BCUT2D eigenvalue weighted by Gasteiger charge is 2.41. The number of amides is 1. The van der Waals surface area contributed by atoms with E-state index in [1.807, 2.05) is 11.9 Å². The summed E-state index contributed by atoms with van der Waals surface area (Å²) in [5.74, 6) is 1.56. The highest BCUT2D eigenvalue weighted by Crippen LogP contribution is 2.42. The van der Waals surface area contributed by atoms with Gasteiger partial charge in [0.1, 0.15) is 0 Å². The Morgan fingerprint density at radius 2 is 1.73 bits per heavy atom. The largest absolute Gasteiger partial charge is 0.341 e. The summed E-state index contributed by atoms with van der Waals surface area (Å²) in [5, 5.41) is 2.48. The Kier molecular flexibility index (Phi) is 5.89. The van der Waals surface area contributed by atoms with E-state index in [4.69, 9.17) is 5.73 Å². The van der Waals surface area contributed by atoms with Crippen LogP contribution in [-0.2, 0) is 11.3 Å². The van der Waals surface area contributed by atoms with E-state index in [0.29, 0.717) is 30.3 Å². The van der Waals surface area contributed by atoms with E-state index < -0.39 is 0 Å². The number of hydrogen-bond donors (Lipinski definition) is 1. The van der Waals surface area contributed by atoms with E-state index in [0.717, 1.165) is 12.8 Å². The summed E-state index contributed by atoms with van der Waals surface area (Å²) in [7, 11) is 1.95. The monoisotopic (exact) mass is 372 g/mol. The molecule has 2 saturated carbocycles. The Labute approximate surface area is 162 Å². The highest BCUT2D eigenvalue weighted by molar-refractivity contribution is 5.86. The summed E-state index contributed by atoms with van der Waals surface area (Å²) in [6.07, 6.45) is 5.66. The number of carbonyl (C=O) groups is 1. The van der Waals surface area contributed by atoms with E-state index in [1.165, 1.54) is 35.6 Å². The topological polar surface area (TPSA) is 46.3 Å². The molecular weight excluding hydrogens is 344 g/mol. The van der Waals surface area contributed by atoms with Crippen LogP contribution in [0.1, 0.15) is 37.7 Å². The van der Waals surface area contributed by atoms with E-state index in [2.05, 4.69) is 42.5 Å². The van der Waals surface area contributed by atoms with Crippen molar-refractivity contribution in [2.75, 3.05) is 7.05 Å². The molecule has 2 N–H and O–H groups in total. The molecule has 2 unspecified atom stereocenters. The molecule has 0 aliphatic heterocycles. The van der Waals surface area contributed by atoms with Crippen molar-refractivity contribution in [3.8, 4) is 0 Å². The first kappa shape index (κ1) is 19.2. The summed E-state index contributed by atoms with van der Waals surface area (Å²) in [6.45, 7) is 0.679. The van der Waals surface area contributed by atoms with Crippen molar-refractivity contribution in [1.82, 2.24) is 4.90 Å². The predicted octanol–water partition coefficient (Wildman–Crippen LogP) is 4.37. The maximum atomic E-state index is 13.1. The lowest BCUT2D eigenvalue weighted by atomic mass is 9.65. The zero-order valence-corrected chi connectivity index (χ0v) is 16.3. The number of halogens is 1. The number of hydrogen-bond acceptors (Lipinski definition) is 2. The Morgan fingerprint density at radius 3 is 2.46 bits per heavy atom. The first-order valence-corrected chi connectivity index (χ1v) is 9.60. The minimum Gasteiger partial charge on any atom is -0.341 e. The van der Waals surface area contributed by atoms with E-state index in [1.54, 1.807) is 0 Å². The summed E-state index contributed by atoms with van der Waals surface area (Å²) in [5.41, 5.74) is 7.61. The zero-order chi connectivity index (χ0) is 17.4. The van der Waals surface area contributed by atoms with Crippen molar-refractivity contribution >= 4 is 29.1 Å². The quantitative estimate of drug-likeness (QED) is 0.869. The van der Waals surface area contributed by atoms with Crippen molar-refractivity contribution in [2.24, 2.45) is 23.5 Å². The molecule has 0 saturated heterocycles. The highest BCUT2D eigenvalue weighted by atomic mass is 35.5. The second-order valence-corrected chi connectivity index (χ2v) is 8.03. The average molecular weight is 373 g/mol. The van der Waals surface area contributed by atoms with Gasteiger partial charge in [-0.3, -0.25) is 4.79 Å². The van der Waals surface area contributed by atoms with Crippen LogP contribution in [0.15, 0.2) is 42.5 Å². The third kappa shape index (κ3) is 3.60. The van der Waals surface area contributed by atoms with Gasteiger partial charge in [0.15, 0.2) is 0 Å². The van der Waals surface area contributed by atoms with Crippen LogP contribution in [-0.4, -0.2) is 23.9 Å². The first-order chi connectivity index (χ1) is 12.1. The molecule has 0 spiro atoms. The predicted molar refractivity (Wildman–Crippen MR) is 109 cm³/mol. The van der Waals surface area contributed by atoms with Crippen LogP contribution in [0, 0.1) is 17.8 Å². The molecule has 2 atom stereocenters. The number of carbonyl (C=O) groups excluding carboxylic acids is 1. The lowest BCUT2D eigenvalue weighted by Crippen LogP contribution is -2.49. The molecule has 26 heavy (non-hydrogen) atoms. The molecule has 1 amide bonds. The number of benzene rings is 2. The lowest BCUT2D eigenvalue weighted by molar-refractivity contribution is -0.137. The van der Waals surface area contributed by atoms with E-state index in [-0.39, 0.29) is 18.3 Å². The molecule has 140 valence electrons. The Balaban J connectivity index is 0.00000196. The van der Waals surface area contributed by atoms with Crippen molar-refractivity contribution in [1.29, 1.82) is 0 Å². The second-order valence-electron chi connectivity index (χ2n) is 8.03. The molecule has 0 heterocycles. The van der Waals surface area contributed by atoms with Gasteiger partial charge < -0.3 is 10.6 Å². The fraction of sp³-hybridized carbons (Fsp3) is 0.500. The molecule has 4 rings (SSSR count). The second kappa shape index (κ2) is 7.98. The molecule has 3 nitrogen and oxygen atoms in total. The maximum absolute atomic E-state index is 13.1. The standard InChI is InChI=1S/C22H28N2O.ClH/c1-24(14-18-10-4-7-15-6-2-3-11-20(15)18)22(25)19-12-16-8-5-9-17(13-19)21(16)23;/h2-4,6-7,10-11,16-17,19,21H,5,8-9,12-14,23H2,1H3;1H. The summed E-state index contributed by atoms with van der Waals surface area (Å²) < 4.78 is 0. The molecule has 0 aromatic heterocycles. The molecule has 2 aromatic carbocycles. The molecule has 0 radical (unpaired) electrons. The molecular formula is C22H29ClN2O. The average Bonchev–Trinajstić information content (AvgIpc) is 2.61. The van der Waals surface area contributed by atoms with Crippen LogP contribution >= 0.6 is 12.4 Å². The first-order valence-electron chi connectivity index (χ1n) is 9.60. The molecule has 2 fully saturated rings. The van der Waals surface area contributed by atoms with Crippen molar-refractivity contribution < 1.29 is 4.79 Å². The normalized spacial score (nSPS) is 27.6. The SMILES string of the molecule is CN(Cc1cccc2ccccc12)C(=O)C1CC2CCCC(C1)C2N.Cl. The third-order valence-corrected chi connectivity index (χ3v) is 6.43. The van der Waals surface area contributed by atoms with Gasteiger partial charge in [0.2, 0.25) is 5.91 Å². The van der Waals surface area contributed by atoms with Gasteiger partial charge in [-0.1, -0.05) is 48.9 Å². The number of nitrogens with zero attached hydrogens (tertiary/aromatic N) is 1. The summed E-state index contributed by atoms with van der Waals surface area (Å²) in [4.78, 5) is 15.0. The van der Waals surface area contributed by atoms with Gasteiger partial charge in [0.25, 0.3) is 0 Å². The fourth-order valence-corrected chi connectivity index (χ4v) is 5.07.